The number of hydrogen-bond donors (Lipinski definition) is 0. The van der Waals surface area contributed by atoms with Crippen molar-refractivity contribution in [2.75, 3.05) is 7.11 Å². The van der Waals surface area contributed by atoms with Crippen molar-refractivity contribution < 1.29 is 9.53 Å². The standard InChI is InChI=1S/C12H22O2/c1-4-5-6-9-12(2,14-3)10-7-8-11-13/h7,10-11H,4-6,8-9H2,1-3H3/b10-7+. The van der Waals surface area contributed by atoms with Gasteiger partial charge >= 0.3 is 0 Å². The summed E-state index contributed by atoms with van der Waals surface area (Å²) >= 11 is 0. The van der Waals surface area contributed by atoms with Gasteiger partial charge in [0.2, 0.25) is 0 Å². The third-order valence-corrected chi connectivity index (χ3v) is 2.45. The average molecular weight is 198 g/mol. The van der Waals surface area contributed by atoms with E-state index in [1.54, 1.807) is 7.11 Å². The van der Waals surface area contributed by atoms with E-state index in [-0.39, 0.29) is 5.60 Å². The lowest BCUT2D eigenvalue weighted by Crippen LogP contribution is -2.24. The fourth-order valence-corrected chi connectivity index (χ4v) is 1.35. The molecular formula is C12H22O2. The molecule has 0 aromatic carbocycles. The van der Waals surface area contributed by atoms with Gasteiger partial charge in [-0.25, -0.2) is 0 Å². The first-order chi connectivity index (χ1) is 6.68. The summed E-state index contributed by atoms with van der Waals surface area (Å²) in [5, 5.41) is 0. The van der Waals surface area contributed by atoms with E-state index in [1.807, 2.05) is 12.2 Å². The summed E-state index contributed by atoms with van der Waals surface area (Å²) in [5.74, 6) is 0. The molecule has 14 heavy (non-hydrogen) atoms. The molecule has 1 atom stereocenters. The molecule has 0 aromatic rings. The van der Waals surface area contributed by atoms with Gasteiger partial charge in [0.05, 0.1) is 5.60 Å². The highest BCUT2D eigenvalue weighted by Crippen LogP contribution is 2.20. The lowest BCUT2D eigenvalue weighted by atomic mass is 9.97. The maximum absolute atomic E-state index is 10.1. The van der Waals surface area contributed by atoms with Crippen LogP contribution in [0.1, 0.15) is 46.0 Å². The molecule has 0 radical (unpaired) electrons. The zero-order valence-corrected chi connectivity index (χ0v) is 9.58. The van der Waals surface area contributed by atoms with E-state index in [0.717, 1.165) is 12.7 Å². The zero-order valence-electron chi connectivity index (χ0n) is 9.58. The monoisotopic (exact) mass is 198 g/mol. The molecular weight excluding hydrogens is 176 g/mol. The Morgan fingerprint density at radius 3 is 2.57 bits per heavy atom. The van der Waals surface area contributed by atoms with Crippen molar-refractivity contribution in [2.45, 2.75) is 51.6 Å². The van der Waals surface area contributed by atoms with Crippen LogP contribution in [0.25, 0.3) is 0 Å². The Morgan fingerprint density at radius 2 is 2.07 bits per heavy atom. The third kappa shape index (κ3) is 5.92. The number of carbonyl (C=O) groups is 1. The Hall–Kier alpha value is -0.630. The quantitative estimate of drug-likeness (QED) is 0.340. The molecule has 0 N–H and O–H groups in total. The summed E-state index contributed by atoms with van der Waals surface area (Å²) in [6.45, 7) is 4.25. The fourth-order valence-electron chi connectivity index (χ4n) is 1.35. The van der Waals surface area contributed by atoms with Gasteiger partial charge < -0.3 is 9.53 Å². The number of ether oxygens (including phenoxy) is 1. The average Bonchev–Trinajstić information content (AvgIpc) is 2.19. The Kier molecular flexibility index (Phi) is 7.40. The van der Waals surface area contributed by atoms with Crippen LogP contribution >= 0.6 is 0 Å². The molecule has 0 saturated heterocycles. The van der Waals surface area contributed by atoms with Gasteiger partial charge in [0, 0.05) is 13.5 Å². The van der Waals surface area contributed by atoms with Crippen LogP contribution in [0, 0.1) is 0 Å². The first kappa shape index (κ1) is 13.4. The van der Waals surface area contributed by atoms with E-state index >= 15 is 0 Å². The van der Waals surface area contributed by atoms with Crippen molar-refractivity contribution in [2.24, 2.45) is 0 Å². The van der Waals surface area contributed by atoms with Crippen molar-refractivity contribution in [3.05, 3.63) is 12.2 Å². The summed E-state index contributed by atoms with van der Waals surface area (Å²) in [6, 6.07) is 0. The molecule has 0 fully saturated rings. The van der Waals surface area contributed by atoms with Crippen LogP contribution in [0.15, 0.2) is 12.2 Å². The van der Waals surface area contributed by atoms with Crippen molar-refractivity contribution in [1.29, 1.82) is 0 Å². The molecule has 0 rings (SSSR count). The highest BCUT2D eigenvalue weighted by atomic mass is 16.5. The van der Waals surface area contributed by atoms with Gasteiger partial charge in [-0.05, 0) is 13.3 Å². The number of methoxy groups -OCH3 is 1. The van der Waals surface area contributed by atoms with Gasteiger partial charge in [-0.15, -0.1) is 0 Å². The van der Waals surface area contributed by atoms with Crippen LogP contribution in [-0.4, -0.2) is 19.0 Å². The highest BCUT2D eigenvalue weighted by molar-refractivity contribution is 5.51. The van der Waals surface area contributed by atoms with E-state index in [9.17, 15) is 4.79 Å². The molecule has 82 valence electrons. The van der Waals surface area contributed by atoms with Crippen molar-refractivity contribution >= 4 is 6.29 Å². The Balaban J connectivity index is 3.96. The normalized spacial score (nSPS) is 15.6. The highest BCUT2D eigenvalue weighted by Gasteiger charge is 2.18. The zero-order chi connectivity index (χ0) is 10.9. The second kappa shape index (κ2) is 7.74. The number of rotatable bonds is 8. The number of carbonyl (C=O) groups excluding carboxylic acids is 1. The van der Waals surface area contributed by atoms with E-state index in [4.69, 9.17) is 4.74 Å². The molecule has 1 unspecified atom stereocenters. The SMILES string of the molecule is CCCCCC(C)(/C=C/CC=O)OC. The Morgan fingerprint density at radius 1 is 1.36 bits per heavy atom. The predicted octanol–water partition coefficient (Wildman–Crippen LogP) is 3.12. The second-order valence-electron chi connectivity index (χ2n) is 3.78. The first-order valence-electron chi connectivity index (χ1n) is 5.35. The molecule has 0 aliphatic carbocycles. The van der Waals surface area contributed by atoms with Crippen LogP contribution < -0.4 is 0 Å². The molecule has 0 aliphatic rings. The maximum Gasteiger partial charge on any atom is 0.123 e. The van der Waals surface area contributed by atoms with Crippen molar-refractivity contribution in [3.8, 4) is 0 Å². The van der Waals surface area contributed by atoms with Gasteiger partial charge in [0.1, 0.15) is 6.29 Å². The molecule has 0 aromatic heterocycles. The van der Waals surface area contributed by atoms with E-state index in [1.165, 1.54) is 19.3 Å². The van der Waals surface area contributed by atoms with Crippen LogP contribution in [0.2, 0.25) is 0 Å². The minimum atomic E-state index is -0.196. The first-order valence-corrected chi connectivity index (χ1v) is 5.35. The summed E-state index contributed by atoms with van der Waals surface area (Å²) in [4.78, 5) is 10.1. The number of unbranched alkanes of at least 4 members (excludes halogenated alkanes) is 2. The number of hydrogen-bond acceptors (Lipinski definition) is 2. The minimum Gasteiger partial charge on any atom is -0.374 e. The molecule has 0 spiro atoms. The topological polar surface area (TPSA) is 26.3 Å². The summed E-state index contributed by atoms with van der Waals surface area (Å²) < 4.78 is 5.43. The molecule has 2 nitrogen and oxygen atoms in total. The predicted molar refractivity (Wildman–Crippen MR) is 59.4 cm³/mol. The summed E-state index contributed by atoms with van der Waals surface area (Å²) in [7, 11) is 1.72. The van der Waals surface area contributed by atoms with Gasteiger partial charge in [-0.2, -0.15) is 0 Å². The minimum absolute atomic E-state index is 0.196. The molecule has 0 amide bonds. The maximum atomic E-state index is 10.1. The van der Waals surface area contributed by atoms with Crippen LogP contribution in [0.3, 0.4) is 0 Å². The van der Waals surface area contributed by atoms with E-state index < -0.39 is 0 Å². The molecule has 0 bridgehead atoms. The smallest absolute Gasteiger partial charge is 0.123 e. The Labute approximate surface area is 87.3 Å². The number of allylic oxidation sites excluding steroid dienone is 1. The van der Waals surface area contributed by atoms with E-state index in [2.05, 4.69) is 13.8 Å². The largest absolute Gasteiger partial charge is 0.374 e. The summed E-state index contributed by atoms with van der Waals surface area (Å²) in [6.07, 6.45) is 9.90. The lowest BCUT2D eigenvalue weighted by molar-refractivity contribution is -0.107. The molecule has 0 saturated carbocycles. The van der Waals surface area contributed by atoms with Gasteiger partial charge in [-0.3, -0.25) is 0 Å². The van der Waals surface area contributed by atoms with Crippen molar-refractivity contribution in [3.63, 3.8) is 0 Å². The van der Waals surface area contributed by atoms with Gasteiger partial charge in [0.15, 0.2) is 0 Å². The second-order valence-corrected chi connectivity index (χ2v) is 3.78. The van der Waals surface area contributed by atoms with Gasteiger partial charge in [-0.1, -0.05) is 38.3 Å². The fraction of sp³-hybridized carbons (Fsp3) is 0.750. The lowest BCUT2D eigenvalue weighted by Gasteiger charge is -2.24. The Bertz CT molecular complexity index is 175. The molecule has 0 aliphatic heterocycles. The third-order valence-electron chi connectivity index (χ3n) is 2.45. The van der Waals surface area contributed by atoms with Crippen molar-refractivity contribution in [1.82, 2.24) is 0 Å². The van der Waals surface area contributed by atoms with E-state index in [0.29, 0.717) is 6.42 Å². The molecule has 2 heteroatoms. The number of aldehydes is 1. The van der Waals surface area contributed by atoms with Crippen LogP contribution in [0.4, 0.5) is 0 Å². The van der Waals surface area contributed by atoms with Gasteiger partial charge in [0.25, 0.3) is 0 Å². The van der Waals surface area contributed by atoms with Crippen LogP contribution in [0.5, 0.6) is 0 Å². The van der Waals surface area contributed by atoms with Crippen LogP contribution in [-0.2, 0) is 9.53 Å². The molecule has 0 heterocycles. The summed E-state index contributed by atoms with van der Waals surface area (Å²) in [5.41, 5.74) is -0.196.